The minimum Gasteiger partial charge on any atom is -0.393 e. The first kappa shape index (κ1) is 13.3. The fraction of sp³-hybridized carbons (Fsp3) is 0.500. The highest BCUT2D eigenvalue weighted by atomic mass is 32.1. The van der Waals surface area contributed by atoms with Crippen LogP contribution in [0.2, 0.25) is 0 Å². The zero-order valence-corrected chi connectivity index (χ0v) is 11.6. The Balaban J connectivity index is 1.84. The lowest BCUT2D eigenvalue weighted by Crippen LogP contribution is -2.38. The van der Waals surface area contributed by atoms with Crippen molar-refractivity contribution in [3.8, 4) is 0 Å². The summed E-state index contributed by atoms with van der Waals surface area (Å²) in [6.45, 7) is 2.78. The van der Waals surface area contributed by atoms with Crippen LogP contribution in [-0.4, -0.2) is 35.6 Å². The van der Waals surface area contributed by atoms with Crippen molar-refractivity contribution in [1.29, 1.82) is 0 Å². The SMILES string of the molecule is Cc1ccsc1C=CC(=O)N(C)CC1CC(O)C1. The number of aliphatic hydroxyl groups excluding tert-OH is 1. The maximum atomic E-state index is 11.9. The van der Waals surface area contributed by atoms with Crippen LogP contribution in [0.4, 0.5) is 0 Å². The summed E-state index contributed by atoms with van der Waals surface area (Å²) in [4.78, 5) is 14.8. The second kappa shape index (κ2) is 5.67. The summed E-state index contributed by atoms with van der Waals surface area (Å²) in [5.74, 6) is 0.495. The number of thiophene rings is 1. The standard InChI is InChI=1S/C14H19NO2S/c1-10-5-6-18-13(10)3-4-14(17)15(2)9-11-7-12(16)8-11/h3-6,11-12,16H,7-9H2,1-2H3. The molecule has 1 amide bonds. The van der Waals surface area contributed by atoms with Gasteiger partial charge >= 0.3 is 0 Å². The van der Waals surface area contributed by atoms with E-state index in [0.717, 1.165) is 24.3 Å². The van der Waals surface area contributed by atoms with Crippen molar-refractivity contribution in [2.75, 3.05) is 13.6 Å². The summed E-state index contributed by atoms with van der Waals surface area (Å²) in [5.41, 5.74) is 1.20. The van der Waals surface area contributed by atoms with E-state index < -0.39 is 0 Å². The first-order valence-electron chi connectivity index (χ1n) is 6.21. The van der Waals surface area contributed by atoms with Crippen LogP contribution in [0.15, 0.2) is 17.5 Å². The summed E-state index contributed by atoms with van der Waals surface area (Å²) in [7, 11) is 1.82. The lowest BCUT2D eigenvalue weighted by molar-refractivity contribution is -0.126. The second-order valence-electron chi connectivity index (χ2n) is 5.01. The first-order chi connectivity index (χ1) is 8.56. The zero-order chi connectivity index (χ0) is 13.1. The van der Waals surface area contributed by atoms with E-state index in [0.29, 0.717) is 5.92 Å². The molecule has 0 spiro atoms. The highest BCUT2D eigenvalue weighted by molar-refractivity contribution is 7.11. The van der Waals surface area contributed by atoms with Crippen LogP contribution in [0.3, 0.4) is 0 Å². The van der Waals surface area contributed by atoms with E-state index in [9.17, 15) is 9.90 Å². The van der Waals surface area contributed by atoms with Gasteiger partial charge in [-0.15, -0.1) is 11.3 Å². The Morgan fingerprint density at radius 3 is 2.89 bits per heavy atom. The van der Waals surface area contributed by atoms with Crippen LogP contribution >= 0.6 is 11.3 Å². The maximum Gasteiger partial charge on any atom is 0.246 e. The Morgan fingerprint density at radius 2 is 2.33 bits per heavy atom. The maximum absolute atomic E-state index is 11.9. The van der Waals surface area contributed by atoms with Gasteiger partial charge in [0.25, 0.3) is 0 Å². The monoisotopic (exact) mass is 265 g/mol. The molecule has 0 aromatic carbocycles. The first-order valence-corrected chi connectivity index (χ1v) is 7.09. The van der Waals surface area contributed by atoms with Gasteiger partial charge in [-0.05, 0) is 48.8 Å². The molecule has 0 bridgehead atoms. The molecule has 1 aliphatic rings. The topological polar surface area (TPSA) is 40.5 Å². The van der Waals surface area contributed by atoms with Gasteiger partial charge in [0, 0.05) is 24.5 Å². The lowest BCUT2D eigenvalue weighted by atomic mass is 9.82. The normalized spacial score (nSPS) is 23.1. The molecule has 4 heteroatoms. The highest BCUT2D eigenvalue weighted by Gasteiger charge is 2.28. The summed E-state index contributed by atoms with van der Waals surface area (Å²) in [5, 5.41) is 11.2. The highest BCUT2D eigenvalue weighted by Crippen LogP contribution is 2.27. The molecule has 1 saturated carbocycles. The Bertz CT molecular complexity index is 446. The molecule has 3 nitrogen and oxygen atoms in total. The molecule has 98 valence electrons. The fourth-order valence-electron chi connectivity index (χ4n) is 2.16. The molecule has 0 aliphatic heterocycles. The number of aryl methyl sites for hydroxylation is 1. The average Bonchev–Trinajstić information content (AvgIpc) is 2.69. The number of amides is 1. The van der Waals surface area contributed by atoms with Crippen molar-refractivity contribution >= 4 is 23.3 Å². The van der Waals surface area contributed by atoms with Gasteiger partial charge in [-0.1, -0.05) is 0 Å². The van der Waals surface area contributed by atoms with Crippen LogP contribution in [0, 0.1) is 12.8 Å². The van der Waals surface area contributed by atoms with Gasteiger partial charge in [-0.3, -0.25) is 4.79 Å². The Morgan fingerprint density at radius 1 is 1.61 bits per heavy atom. The Labute approximate surface area is 112 Å². The van der Waals surface area contributed by atoms with Gasteiger partial charge < -0.3 is 10.0 Å². The minimum absolute atomic E-state index is 0.0317. The average molecular weight is 265 g/mol. The number of hydrogen-bond acceptors (Lipinski definition) is 3. The molecular formula is C14H19NO2S. The van der Waals surface area contributed by atoms with Crippen LogP contribution in [-0.2, 0) is 4.79 Å². The van der Waals surface area contributed by atoms with Crippen molar-refractivity contribution in [2.45, 2.75) is 25.9 Å². The van der Waals surface area contributed by atoms with Crippen molar-refractivity contribution < 1.29 is 9.90 Å². The van der Waals surface area contributed by atoms with Gasteiger partial charge in [-0.25, -0.2) is 0 Å². The molecule has 1 aromatic rings. The smallest absolute Gasteiger partial charge is 0.246 e. The lowest BCUT2D eigenvalue weighted by Gasteiger charge is -2.34. The fourth-order valence-corrected chi connectivity index (χ4v) is 2.98. The van der Waals surface area contributed by atoms with Crippen molar-refractivity contribution in [2.24, 2.45) is 5.92 Å². The van der Waals surface area contributed by atoms with Crippen molar-refractivity contribution in [3.05, 3.63) is 28.0 Å². The molecule has 1 fully saturated rings. The third-order valence-corrected chi connectivity index (χ3v) is 4.38. The number of nitrogens with zero attached hydrogens (tertiary/aromatic N) is 1. The summed E-state index contributed by atoms with van der Waals surface area (Å²) >= 11 is 1.64. The van der Waals surface area contributed by atoms with Crippen molar-refractivity contribution in [1.82, 2.24) is 4.90 Å². The molecule has 0 unspecified atom stereocenters. The van der Waals surface area contributed by atoms with E-state index in [1.54, 1.807) is 22.3 Å². The quantitative estimate of drug-likeness (QED) is 0.849. The molecule has 18 heavy (non-hydrogen) atoms. The predicted octanol–water partition coefficient (Wildman–Crippen LogP) is 2.30. The van der Waals surface area contributed by atoms with Crippen LogP contribution < -0.4 is 0 Å². The molecule has 0 atom stereocenters. The number of hydrogen-bond donors (Lipinski definition) is 1. The van der Waals surface area contributed by atoms with Crippen LogP contribution in [0.5, 0.6) is 0 Å². The molecule has 1 N–H and O–H groups in total. The largest absolute Gasteiger partial charge is 0.393 e. The van der Waals surface area contributed by atoms with Gasteiger partial charge in [0.1, 0.15) is 0 Å². The third-order valence-electron chi connectivity index (χ3n) is 3.40. The van der Waals surface area contributed by atoms with Gasteiger partial charge in [0.2, 0.25) is 5.91 Å². The molecule has 2 rings (SSSR count). The summed E-state index contributed by atoms with van der Waals surface area (Å²) in [6, 6.07) is 2.05. The number of carbonyl (C=O) groups is 1. The number of likely N-dealkylation sites (N-methyl/N-ethyl adjacent to an activating group) is 1. The number of aliphatic hydroxyl groups is 1. The number of rotatable bonds is 4. The van der Waals surface area contributed by atoms with E-state index in [4.69, 9.17) is 0 Å². The van der Waals surface area contributed by atoms with Gasteiger partial charge in [0.15, 0.2) is 0 Å². The molecule has 1 aliphatic carbocycles. The van der Waals surface area contributed by atoms with Crippen LogP contribution in [0.25, 0.3) is 6.08 Å². The Kier molecular flexibility index (Phi) is 4.19. The second-order valence-corrected chi connectivity index (χ2v) is 5.96. The van der Waals surface area contributed by atoms with E-state index in [-0.39, 0.29) is 12.0 Å². The van der Waals surface area contributed by atoms with Gasteiger partial charge in [-0.2, -0.15) is 0 Å². The summed E-state index contributed by atoms with van der Waals surface area (Å²) < 4.78 is 0. The molecule has 1 heterocycles. The van der Waals surface area contributed by atoms with E-state index in [1.807, 2.05) is 31.5 Å². The van der Waals surface area contributed by atoms with E-state index >= 15 is 0 Å². The molecule has 0 saturated heterocycles. The molecule has 1 aromatic heterocycles. The molecule has 0 radical (unpaired) electrons. The van der Waals surface area contributed by atoms with E-state index in [2.05, 4.69) is 0 Å². The van der Waals surface area contributed by atoms with Crippen molar-refractivity contribution in [3.63, 3.8) is 0 Å². The predicted molar refractivity (Wildman–Crippen MR) is 74.5 cm³/mol. The zero-order valence-electron chi connectivity index (χ0n) is 10.8. The number of carbonyl (C=O) groups excluding carboxylic acids is 1. The van der Waals surface area contributed by atoms with E-state index in [1.165, 1.54) is 5.56 Å². The van der Waals surface area contributed by atoms with Gasteiger partial charge in [0.05, 0.1) is 6.10 Å². The molecular weight excluding hydrogens is 246 g/mol. The third kappa shape index (κ3) is 3.21. The van der Waals surface area contributed by atoms with Crippen LogP contribution in [0.1, 0.15) is 23.3 Å². The summed E-state index contributed by atoms with van der Waals surface area (Å²) in [6.07, 6.45) is 5.02. The minimum atomic E-state index is -0.150. The Hall–Kier alpha value is -1.13.